The largest absolute Gasteiger partial charge is 0.309 e. The molecule has 106 valence electrons. The van der Waals surface area contributed by atoms with Crippen LogP contribution in [-0.2, 0) is 6.42 Å². The van der Waals surface area contributed by atoms with E-state index in [2.05, 4.69) is 51.9 Å². The van der Waals surface area contributed by atoms with Crippen LogP contribution in [0.3, 0.4) is 0 Å². The van der Waals surface area contributed by atoms with Gasteiger partial charge in [-0.05, 0) is 49.3 Å². The lowest BCUT2D eigenvalue weighted by molar-refractivity contribution is 0.419. The molecule has 0 bridgehead atoms. The lowest BCUT2D eigenvalue weighted by atomic mass is 9.79. The lowest BCUT2D eigenvalue weighted by Gasteiger charge is -2.28. The van der Waals surface area contributed by atoms with Crippen LogP contribution in [0, 0.1) is 0 Å². The monoisotopic (exact) mass is 270 g/mol. The predicted octanol–water partition coefficient (Wildman–Crippen LogP) is 2.97. The zero-order valence-corrected chi connectivity index (χ0v) is 12.0. The Morgan fingerprint density at radius 1 is 1.40 bits per heavy atom. The van der Waals surface area contributed by atoms with Gasteiger partial charge in [0, 0.05) is 0 Å². The zero-order chi connectivity index (χ0) is 13.8. The number of aromatic nitrogens is 3. The summed E-state index contributed by atoms with van der Waals surface area (Å²) < 4.78 is 0. The first-order valence-electron chi connectivity index (χ1n) is 7.55. The summed E-state index contributed by atoms with van der Waals surface area (Å²) in [4.78, 5) is 0. The summed E-state index contributed by atoms with van der Waals surface area (Å²) in [6, 6.07) is 9.18. The van der Waals surface area contributed by atoms with Crippen LogP contribution >= 0.6 is 0 Å². The molecule has 3 rings (SSSR count). The van der Waals surface area contributed by atoms with Crippen LogP contribution in [0.4, 0.5) is 0 Å². The van der Waals surface area contributed by atoms with E-state index in [1.807, 2.05) is 6.20 Å². The smallest absolute Gasteiger partial charge is 0.0994 e. The Balaban J connectivity index is 1.79. The van der Waals surface area contributed by atoms with E-state index in [9.17, 15) is 0 Å². The number of nitrogens with zero attached hydrogens (tertiary/aromatic N) is 2. The highest BCUT2D eigenvalue weighted by Crippen LogP contribution is 2.37. The molecule has 1 aromatic carbocycles. The Kier molecular flexibility index (Phi) is 4.11. The molecule has 4 nitrogen and oxygen atoms in total. The summed E-state index contributed by atoms with van der Waals surface area (Å²) >= 11 is 0. The normalized spacial score (nSPS) is 19.6. The standard InChI is InChI=1S/C16H22N4/c1-2-17-15(16-11-18-20-19-16)10-13-8-5-7-12-6-3-4-9-14(12)13/h3-4,6,9,11,13,15,17H,2,5,7-8,10H2,1H3,(H,18,19,20). The molecule has 1 heterocycles. The molecular formula is C16H22N4. The van der Waals surface area contributed by atoms with Gasteiger partial charge >= 0.3 is 0 Å². The van der Waals surface area contributed by atoms with Gasteiger partial charge in [0.25, 0.3) is 0 Å². The van der Waals surface area contributed by atoms with E-state index in [0.717, 1.165) is 18.7 Å². The fraction of sp³-hybridized carbons (Fsp3) is 0.500. The topological polar surface area (TPSA) is 53.6 Å². The van der Waals surface area contributed by atoms with Crippen molar-refractivity contribution in [1.29, 1.82) is 0 Å². The van der Waals surface area contributed by atoms with Gasteiger partial charge in [0.05, 0.1) is 17.9 Å². The minimum Gasteiger partial charge on any atom is -0.309 e. The maximum atomic E-state index is 4.26. The van der Waals surface area contributed by atoms with Crippen LogP contribution in [0.1, 0.15) is 55.0 Å². The molecule has 1 aliphatic carbocycles. The molecule has 1 aromatic heterocycles. The molecule has 20 heavy (non-hydrogen) atoms. The van der Waals surface area contributed by atoms with Crippen molar-refractivity contribution in [3.8, 4) is 0 Å². The molecule has 0 saturated carbocycles. The van der Waals surface area contributed by atoms with Crippen LogP contribution in [0.2, 0.25) is 0 Å². The summed E-state index contributed by atoms with van der Waals surface area (Å²) in [6.45, 7) is 3.09. The average molecular weight is 270 g/mol. The summed E-state index contributed by atoms with van der Waals surface area (Å²) in [6.07, 6.45) is 6.72. The molecular weight excluding hydrogens is 248 g/mol. The van der Waals surface area contributed by atoms with Crippen molar-refractivity contribution in [2.45, 2.75) is 44.6 Å². The summed E-state index contributed by atoms with van der Waals surface area (Å²) in [5.41, 5.74) is 4.08. The molecule has 2 N–H and O–H groups in total. The summed E-state index contributed by atoms with van der Waals surface area (Å²) in [5, 5.41) is 14.5. The Labute approximate surface area is 120 Å². The van der Waals surface area contributed by atoms with Gasteiger partial charge in [-0.15, -0.1) is 0 Å². The van der Waals surface area contributed by atoms with E-state index < -0.39 is 0 Å². The van der Waals surface area contributed by atoms with E-state index in [1.54, 1.807) is 0 Å². The number of aromatic amines is 1. The van der Waals surface area contributed by atoms with E-state index in [4.69, 9.17) is 0 Å². The highest BCUT2D eigenvalue weighted by molar-refractivity contribution is 5.32. The Bertz CT molecular complexity index is 535. The Morgan fingerprint density at radius 2 is 2.30 bits per heavy atom. The molecule has 1 aliphatic rings. The fourth-order valence-electron chi connectivity index (χ4n) is 3.32. The molecule has 0 aliphatic heterocycles. The number of aryl methyl sites for hydroxylation is 1. The number of H-pyrrole nitrogens is 1. The molecule has 0 saturated heterocycles. The average Bonchev–Trinajstić information content (AvgIpc) is 3.01. The first-order valence-corrected chi connectivity index (χ1v) is 7.55. The van der Waals surface area contributed by atoms with Gasteiger partial charge in [0.1, 0.15) is 0 Å². The van der Waals surface area contributed by atoms with Gasteiger partial charge < -0.3 is 5.32 Å². The molecule has 0 amide bonds. The van der Waals surface area contributed by atoms with Crippen LogP contribution in [0.5, 0.6) is 0 Å². The van der Waals surface area contributed by atoms with Gasteiger partial charge in [-0.2, -0.15) is 15.4 Å². The molecule has 0 radical (unpaired) electrons. The minimum absolute atomic E-state index is 0.287. The number of rotatable bonds is 5. The zero-order valence-electron chi connectivity index (χ0n) is 12.0. The molecule has 2 atom stereocenters. The second kappa shape index (κ2) is 6.18. The predicted molar refractivity (Wildman–Crippen MR) is 79.5 cm³/mol. The van der Waals surface area contributed by atoms with E-state index >= 15 is 0 Å². The SMILES string of the molecule is CCNC(CC1CCCc2ccccc21)c1cn[nH]n1. The molecule has 0 spiro atoms. The van der Waals surface area contributed by atoms with Crippen LogP contribution < -0.4 is 5.32 Å². The third-order valence-corrected chi connectivity index (χ3v) is 4.26. The van der Waals surface area contributed by atoms with Crippen LogP contribution in [-0.4, -0.2) is 22.0 Å². The number of nitrogens with one attached hydrogen (secondary N) is 2. The van der Waals surface area contributed by atoms with E-state index in [1.165, 1.54) is 30.4 Å². The van der Waals surface area contributed by atoms with Crippen LogP contribution in [0.25, 0.3) is 0 Å². The van der Waals surface area contributed by atoms with Crippen molar-refractivity contribution in [2.24, 2.45) is 0 Å². The van der Waals surface area contributed by atoms with Gasteiger partial charge in [-0.25, -0.2) is 0 Å². The lowest BCUT2D eigenvalue weighted by Crippen LogP contribution is -2.24. The summed E-state index contributed by atoms with van der Waals surface area (Å²) in [7, 11) is 0. The quantitative estimate of drug-likeness (QED) is 0.878. The van der Waals surface area contributed by atoms with Crippen molar-refractivity contribution < 1.29 is 0 Å². The molecule has 2 aromatic rings. The van der Waals surface area contributed by atoms with Crippen molar-refractivity contribution in [3.05, 3.63) is 47.3 Å². The van der Waals surface area contributed by atoms with Crippen molar-refractivity contribution in [2.75, 3.05) is 6.54 Å². The fourth-order valence-corrected chi connectivity index (χ4v) is 3.32. The maximum Gasteiger partial charge on any atom is 0.0994 e. The maximum absolute atomic E-state index is 4.26. The number of benzene rings is 1. The van der Waals surface area contributed by atoms with Gasteiger partial charge in [-0.3, -0.25) is 0 Å². The van der Waals surface area contributed by atoms with E-state index in [-0.39, 0.29) is 6.04 Å². The number of hydrogen-bond donors (Lipinski definition) is 2. The van der Waals surface area contributed by atoms with Gasteiger partial charge in [0.2, 0.25) is 0 Å². The summed E-state index contributed by atoms with van der Waals surface area (Å²) in [5.74, 6) is 0.626. The van der Waals surface area contributed by atoms with Gasteiger partial charge in [-0.1, -0.05) is 31.2 Å². The molecule has 2 unspecified atom stereocenters. The molecule has 4 heteroatoms. The Morgan fingerprint density at radius 3 is 3.10 bits per heavy atom. The second-order valence-electron chi connectivity index (χ2n) is 5.53. The second-order valence-corrected chi connectivity index (χ2v) is 5.53. The first-order chi connectivity index (χ1) is 9.88. The highest BCUT2D eigenvalue weighted by Gasteiger charge is 2.24. The highest BCUT2D eigenvalue weighted by atomic mass is 15.3. The third kappa shape index (κ3) is 2.75. The minimum atomic E-state index is 0.287. The van der Waals surface area contributed by atoms with Crippen LogP contribution in [0.15, 0.2) is 30.5 Å². The number of fused-ring (bicyclic) bond motifs is 1. The molecule has 0 fully saturated rings. The Hall–Kier alpha value is -1.68. The van der Waals surface area contributed by atoms with Crippen molar-refractivity contribution in [3.63, 3.8) is 0 Å². The third-order valence-electron chi connectivity index (χ3n) is 4.26. The van der Waals surface area contributed by atoms with E-state index in [0.29, 0.717) is 5.92 Å². The first kappa shape index (κ1) is 13.3. The van der Waals surface area contributed by atoms with Crippen molar-refractivity contribution >= 4 is 0 Å². The van der Waals surface area contributed by atoms with Gasteiger partial charge in [0.15, 0.2) is 0 Å². The van der Waals surface area contributed by atoms with Crippen molar-refractivity contribution in [1.82, 2.24) is 20.7 Å². The number of hydrogen-bond acceptors (Lipinski definition) is 3.